The number of fused-ring (bicyclic) bond motifs is 5. The first-order valence-corrected chi connectivity index (χ1v) is 19.3. The molecule has 4 heteroatoms. The average molecular weight is 727 g/mol. The van der Waals surface area contributed by atoms with Gasteiger partial charge in [0.2, 0.25) is 0 Å². The number of benzene rings is 9. The molecule has 0 aliphatic rings. The van der Waals surface area contributed by atoms with Crippen LogP contribution in [0, 0.1) is 0 Å². The van der Waals surface area contributed by atoms with Crippen LogP contribution in [0.2, 0.25) is 0 Å². The van der Waals surface area contributed by atoms with Crippen molar-refractivity contribution < 1.29 is 0 Å². The van der Waals surface area contributed by atoms with Crippen LogP contribution in [0.15, 0.2) is 206 Å². The smallest absolute Gasteiger partial charge is 0.164 e. The Kier molecular flexibility index (Phi) is 7.78. The second kappa shape index (κ2) is 13.6. The van der Waals surface area contributed by atoms with Gasteiger partial charge in [0.15, 0.2) is 17.5 Å². The van der Waals surface area contributed by atoms with Crippen LogP contribution in [0.25, 0.3) is 105 Å². The highest BCUT2D eigenvalue weighted by Crippen LogP contribution is 2.40. The van der Waals surface area contributed by atoms with Crippen LogP contribution in [0.5, 0.6) is 0 Å². The zero-order valence-corrected chi connectivity index (χ0v) is 30.9. The SMILES string of the molecule is c1ccc(-c2nc(-c3cccc4c(-c5ccccc5)cccc34)nc(-c3cccc4c(-c5ccc6c(c5)c5ccccc5n6-c5ccccc5)cccc34)n2)cc1. The van der Waals surface area contributed by atoms with Gasteiger partial charge in [0.25, 0.3) is 0 Å². The van der Waals surface area contributed by atoms with Crippen LogP contribution in [0.4, 0.5) is 0 Å². The van der Waals surface area contributed by atoms with E-state index in [-0.39, 0.29) is 0 Å². The quantitative estimate of drug-likeness (QED) is 0.171. The minimum absolute atomic E-state index is 0.638. The summed E-state index contributed by atoms with van der Waals surface area (Å²) in [7, 11) is 0. The molecule has 0 unspecified atom stereocenters. The van der Waals surface area contributed by atoms with Gasteiger partial charge in [0, 0.05) is 33.2 Å². The minimum Gasteiger partial charge on any atom is -0.309 e. The van der Waals surface area contributed by atoms with Gasteiger partial charge in [0.05, 0.1) is 11.0 Å². The van der Waals surface area contributed by atoms with Crippen molar-refractivity contribution in [1.82, 2.24) is 19.5 Å². The monoisotopic (exact) mass is 726 g/mol. The highest BCUT2D eigenvalue weighted by atomic mass is 15.0. The molecule has 0 bridgehead atoms. The second-order valence-corrected chi connectivity index (χ2v) is 14.4. The lowest BCUT2D eigenvalue weighted by atomic mass is 9.94. The van der Waals surface area contributed by atoms with E-state index in [1.807, 2.05) is 18.2 Å². The predicted molar refractivity (Wildman–Crippen MR) is 236 cm³/mol. The van der Waals surface area contributed by atoms with Crippen LogP contribution in [0.3, 0.4) is 0 Å². The van der Waals surface area contributed by atoms with E-state index in [4.69, 9.17) is 15.0 Å². The molecule has 0 atom stereocenters. The lowest BCUT2D eigenvalue weighted by Crippen LogP contribution is -2.01. The van der Waals surface area contributed by atoms with Crippen molar-refractivity contribution in [2.24, 2.45) is 0 Å². The van der Waals surface area contributed by atoms with E-state index in [1.165, 1.54) is 32.9 Å². The molecule has 11 rings (SSSR count). The second-order valence-electron chi connectivity index (χ2n) is 14.4. The summed E-state index contributed by atoms with van der Waals surface area (Å²) >= 11 is 0. The molecule has 0 spiro atoms. The lowest BCUT2D eigenvalue weighted by molar-refractivity contribution is 1.08. The number of hydrogen-bond donors (Lipinski definition) is 0. The van der Waals surface area contributed by atoms with Gasteiger partial charge in [-0.05, 0) is 74.1 Å². The van der Waals surface area contributed by atoms with E-state index in [0.717, 1.165) is 55.0 Å². The summed E-state index contributed by atoms with van der Waals surface area (Å²) in [6, 6.07) is 72.8. The first-order valence-electron chi connectivity index (χ1n) is 19.3. The van der Waals surface area contributed by atoms with E-state index in [2.05, 4.69) is 193 Å². The van der Waals surface area contributed by atoms with Crippen molar-refractivity contribution in [3.63, 3.8) is 0 Å². The Morgan fingerprint density at radius 2 is 0.702 bits per heavy atom. The van der Waals surface area contributed by atoms with E-state index >= 15 is 0 Å². The molecule has 2 aromatic heterocycles. The molecular formula is C53H34N4. The molecule has 9 aromatic carbocycles. The third-order valence-electron chi connectivity index (χ3n) is 11.1. The third kappa shape index (κ3) is 5.58. The first kappa shape index (κ1) is 32.7. The molecule has 57 heavy (non-hydrogen) atoms. The highest BCUT2D eigenvalue weighted by molar-refractivity contribution is 6.12. The molecule has 0 radical (unpaired) electrons. The summed E-state index contributed by atoms with van der Waals surface area (Å²) in [5.41, 5.74) is 11.1. The van der Waals surface area contributed by atoms with Gasteiger partial charge in [0.1, 0.15) is 0 Å². The van der Waals surface area contributed by atoms with Crippen molar-refractivity contribution in [2.45, 2.75) is 0 Å². The maximum atomic E-state index is 5.29. The van der Waals surface area contributed by atoms with E-state index in [1.54, 1.807) is 0 Å². The standard InChI is InChI=1S/C53H34N4/c1-4-16-35(17-5-1)39-23-12-27-43-41(39)25-14-29-46(43)52-54-51(36-18-6-2-7-19-36)55-53(56-52)47-30-15-26-42-40(24-13-28-44(42)47)37-32-33-50-48(34-37)45-22-10-11-31-49(45)57(50)38-20-8-3-9-21-38/h1-34H. The van der Waals surface area contributed by atoms with Crippen molar-refractivity contribution in [3.05, 3.63) is 206 Å². The van der Waals surface area contributed by atoms with E-state index in [9.17, 15) is 0 Å². The Bertz CT molecular complexity index is 3280. The molecule has 266 valence electrons. The van der Waals surface area contributed by atoms with Gasteiger partial charge in [-0.25, -0.2) is 15.0 Å². The maximum absolute atomic E-state index is 5.29. The molecule has 0 N–H and O–H groups in total. The summed E-state index contributed by atoms with van der Waals surface area (Å²) < 4.78 is 2.36. The summed E-state index contributed by atoms with van der Waals surface area (Å²) in [4.78, 5) is 15.6. The topological polar surface area (TPSA) is 43.6 Å². The van der Waals surface area contributed by atoms with Gasteiger partial charge >= 0.3 is 0 Å². The van der Waals surface area contributed by atoms with Crippen molar-refractivity contribution in [3.8, 4) is 62.1 Å². The molecule has 2 heterocycles. The molecule has 0 aliphatic heterocycles. The number of hydrogen-bond acceptors (Lipinski definition) is 3. The highest BCUT2D eigenvalue weighted by Gasteiger charge is 2.19. The van der Waals surface area contributed by atoms with Crippen LogP contribution in [0.1, 0.15) is 0 Å². The molecule has 0 aliphatic carbocycles. The summed E-state index contributed by atoms with van der Waals surface area (Å²) in [6.45, 7) is 0. The minimum atomic E-state index is 0.638. The fraction of sp³-hybridized carbons (Fsp3) is 0. The molecule has 0 fully saturated rings. The van der Waals surface area contributed by atoms with Gasteiger partial charge in [-0.15, -0.1) is 0 Å². The van der Waals surface area contributed by atoms with Crippen LogP contribution in [-0.4, -0.2) is 19.5 Å². The normalized spacial score (nSPS) is 11.5. The molecule has 0 amide bonds. The summed E-state index contributed by atoms with van der Waals surface area (Å²) in [5.74, 6) is 1.92. The Balaban J connectivity index is 1.09. The molecule has 4 nitrogen and oxygen atoms in total. The van der Waals surface area contributed by atoms with Crippen LogP contribution in [-0.2, 0) is 0 Å². The van der Waals surface area contributed by atoms with Crippen LogP contribution < -0.4 is 0 Å². The Hall–Kier alpha value is -7.69. The Morgan fingerprint density at radius 1 is 0.263 bits per heavy atom. The maximum Gasteiger partial charge on any atom is 0.164 e. The number of para-hydroxylation sites is 2. The lowest BCUT2D eigenvalue weighted by Gasteiger charge is -2.14. The molecular weight excluding hydrogens is 693 g/mol. The largest absolute Gasteiger partial charge is 0.309 e. The van der Waals surface area contributed by atoms with Crippen molar-refractivity contribution >= 4 is 43.4 Å². The Labute approximate surface area is 330 Å². The fourth-order valence-electron chi connectivity index (χ4n) is 8.46. The fourth-order valence-corrected chi connectivity index (χ4v) is 8.46. The molecule has 0 saturated carbocycles. The zero-order valence-electron chi connectivity index (χ0n) is 30.9. The average Bonchev–Trinajstić information content (AvgIpc) is 3.62. The number of rotatable bonds is 6. The number of aromatic nitrogens is 4. The van der Waals surface area contributed by atoms with E-state index in [0.29, 0.717) is 17.5 Å². The Morgan fingerprint density at radius 3 is 1.32 bits per heavy atom. The van der Waals surface area contributed by atoms with Gasteiger partial charge in [-0.1, -0.05) is 176 Å². The van der Waals surface area contributed by atoms with E-state index < -0.39 is 0 Å². The zero-order chi connectivity index (χ0) is 37.7. The predicted octanol–water partition coefficient (Wildman–Crippen LogP) is 13.6. The van der Waals surface area contributed by atoms with Gasteiger partial charge in [-0.2, -0.15) is 0 Å². The number of nitrogens with zero attached hydrogens (tertiary/aromatic N) is 4. The third-order valence-corrected chi connectivity index (χ3v) is 11.1. The molecule has 0 saturated heterocycles. The van der Waals surface area contributed by atoms with Crippen molar-refractivity contribution in [2.75, 3.05) is 0 Å². The van der Waals surface area contributed by atoms with Gasteiger partial charge < -0.3 is 4.57 Å². The molecule has 11 aromatic rings. The van der Waals surface area contributed by atoms with Crippen LogP contribution >= 0.6 is 0 Å². The summed E-state index contributed by atoms with van der Waals surface area (Å²) in [5, 5.41) is 6.93. The van der Waals surface area contributed by atoms with Gasteiger partial charge in [-0.3, -0.25) is 0 Å². The first-order chi connectivity index (χ1) is 28.3. The summed E-state index contributed by atoms with van der Waals surface area (Å²) in [6.07, 6.45) is 0. The van der Waals surface area contributed by atoms with Crippen molar-refractivity contribution in [1.29, 1.82) is 0 Å².